The number of carboxylic acids is 1. The van der Waals surface area contributed by atoms with Crippen molar-refractivity contribution in [1.29, 1.82) is 0 Å². The van der Waals surface area contributed by atoms with Crippen molar-refractivity contribution in [3.63, 3.8) is 0 Å². The van der Waals surface area contributed by atoms with Crippen molar-refractivity contribution in [3.05, 3.63) is 73.0 Å². The minimum atomic E-state index is -1.75. The Hall–Kier alpha value is -3.52. The predicted octanol–water partition coefficient (Wildman–Crippen LogP) is 8.75. The summed E-state index contributed by atoms with van der Waals surface area (Å²) < 4.78 is 1.15. The van der Waals surface area contributed by atoms with Crippen molar-refractivity contribution in [1.82, 2.24) is 4.90 Å². The van der Waals surface area contributed by atoms with E-state index in [-0.39, 0.29) is 45.1 Å². The molecule has 1 radical (unpaired) electrons. The first kappa shape index (κ1) is 51.5. The summed E-state index contributed by atoms with van der Waals surface area (Å²) >= 11 is 0. The summed E-state index contributed by atoms with van der Waals surface area (Å²) in [4.78, 5) is 30.0. The molecule has 323 valence electrons. The molecule has 57 heavy (non-hydrogen) atoms. The summed E-state index contributed by atoms with van der Waals surface area (Å²) in [6, 6.07) is 8.66. The third kappa shape index (κ3) is 17.1. The standard InChI is InChI=1S/C42H66N4O2.C2H4O2.Co.NO3/c1-12-13-20-46(11)21-18-45(19-22-46)29-32-25-33(40(2,3)4)23-30(38(32)47)27-43-36-16-14-15-17-37(36)44-28-31-24-34(41(5,6)7)26-35(39(31)48)42(8,9)10;1-2(3)4;;2-1(3)4/h23-28,36-37H,12-22,29H2,1-11H3,(H-,43,44,47,48);1H3,(H,3,4);;/q;;;-1/p+1/t36-,37-;;;/m1.../s1. The number of quaternary nitrogens is 1. The summed E-state index contributed by atoms with van der Waals surface area (Å²) in [7, 11) is 2.40. The summed E-state index contributed by atoms with van der Waals surface area (Å²) in [5.74, 6) is -0.153. The Labute approximate surface area is 352 Å². The molecular formula is C44H71CoN5O7. The average molecular weight is 841 g/mol. The fourth-order valence-corrected chi connectivity index (χ4v) is 7.07. The van der Waals surface area contributed by atoms with Crippen LogP contribution < -0.4 is 0 Å². The van der Waals surface area contributed by atoms with Gasteiger partial charge in [-0.1, -0.05) is 101 Å². The van der Waals surface area contributed by atoms with Gasteiger partial charge in [-0.15, -0.1) is 0 Å². The van der Waals surface area contributed by atoms with E-state index in [9.17, 15) is 10.2 Å². The molecule has 12 nitrogen and oxygen atoms in total. The molecule has 2 fully saturated rings. The molecular weight excluding hydrogens is 769 g/mol. The predicted molar refractivity (Wildman–Crippen MR) is 228 cm³/mol. The third-order valence-electron chi connectivity index (χ3n) is 10.8. The van der Waals surface area contributed by atoms with E-state index in [1.807, 2.05) is 12.4 Å². The van der Waals surface area contributed by atoms with Gasteiger partial charge in [-0.25, -0.2) is 0 Å². The molecule has 0 unspecified atom stereocenters. The van der Waals surface area contributed by atoms with Crippen LogP contribution in [0.1, 0.15) is 148 Å². The van der Waals surface area contributed by atoms with Gasteiger partial charge in [-0.05, 0) is 58.8 Å². The first-order valence-corrected chi connectivity index (χ1v) is 20.1. The van der Waals surface area contributed by atoms with Gasteiger partial charge in [0.05, 0.1) is 43.9 Å². The van der Waals surface area contributed by atoms with Crippen LogP contribution in [0, 0.1) is 15.3 Å². The van der Waals surface area contributed by atoms with Crippen LogP contribution in [0.3, 0.4) is 0 Å². The Morgan fingerprint density at radius 3 is 1.67 bits per heavy atom. The Balaban J connectivity index is 0.00000165. The number of phenols is 2. The maximum Gasteiger partial charge on any atom is 0.300 e. The Morgan fingerprint density at radius 1 is 0.842 bits per heavy atom. The molecule has 1 heterocycles. The van der Waals surface area contributed by atoms with Crippen LogP contribution in [0.15, 0.2) is 34.3 Å². The normalized spacial score (nSPS) is 18.9. The topological polar surface area (TPSA) is 172 Å². The van der Waals surface area contributed by atoms with Crippen LogP contribution in [0.4, 0.5) is 0 Å². The molecule has 0 spiro atoms. The number of aliphatic imine (C=N–C) groups is 2. The number of rotatable bonds is 9. The second kappa shape index (κ2) is 22.0. The number of unbranched alkanes of at least 4 members (excludes halogenated alkanes) is 1. The first-order chi connectivity index (χ1) is 25.8. The van der Waals surface area contributed by atoms with Gasteiger partial charge in [0.1, 0.15) is 11.5 Å². The minimum Gasteiger partial charge on any atom is -0.507 e. The molecule has 1 aliphatic heterocycles. The van der Waals surface area contributed by atoms with Crippen molar-refractivity contribution >= 4 is 18.4 Å². The number of aliphatic carboxylic acids is 1. The van der Waals surface area contributed by atoms with Crippen molar-refractivity contribution in [2.24, 2.45) is 9.98 Å². The second-order valence-corrected chi connectivity index (χ2v) is 18.9. The third-order valence-corrected chi connectivity index (χ3v) is 10.8. The molecule has 2 atom stereocenters. The fraction of sp³-hybridized carbons (Fsp3) is 0.659. The zero-order valence-electron chi connectivity index (χ0n) is 36.6. The molecule has 2 aromatic rings. The molecule has 4 rings (SSSR count). The van der Waals surface area contributed by atoms with E-state index >= 15 is 0 Å². The van der Waals surface area contributed by atoms with Crippen LogP contribution in [0.25, 0.3) is 0 Å². The zero-order valence-corrected chi connectivity index (χ0v) is 37.7. The number of carboxylic acid groups (broad SMARTS) is 1. The van der Waals surface area contributed by atoms with E-state index in [4.69, 9.17) is 35.2 Å². The molecule has 3 N–H and O–H groups in total. The molecule has 2 aromatic carbocycles. The Kier molecular flexibility index (Phi) is 19.9. The van der Waals surface area contributed by atoms with Gasteiger partial charge in [0.25, 0.3) is 5.97 Å². The van der Waals surface area contributed by atoms with Gasteiger partial charge in [-0.3, -0.25) is 19.7 Å². The first-order valence-electron chi connectivity index (χ1n) is 20.1. The molecule has 0 bridgehead atoms. The summed E-state index contributed by atoms with van der Waals surface area (Å²) in [5.41, 5.74) is 5.68. The maximum absolute atomic E-state index is 11.6. The van der Waals surface area contributed by atoms with Gasteiger partial charge in [0, 0.05) is 78.0 Å². The molecule has 2 aliphatic rings. The summed E-state index contributed by atoms with van der Waals surface area (Å²) in [6.45, 7) is 29.6. The van der Waals surface area contributed by atoms with Crippen LogP contribution in [-0.4, -0.2) is 100 Å². The van der Waals surface area contributed by atoms with Crippen LogP contribution in [0.2, 0.25) is 0 Å². The van der Waals surface area contributed by atoms with Crippen molar-refractivity contribution in [2.45, 2.75) is 150 Å². The summed E-state index contributed by atoms with van der Waals surface area (Å²) in [6.07, 6.45) is 10.5. The molecule has 1 aliphatic carbocycles. The van der Waals surface area contributed by atoms with Gasteiger partial charge < -0.3 is 35.1 Å². The smallest absolute Gasteiger partial charge is 0.300 e. The Morgan fingerprint density at radius 2 is 1.26 bits per heavy atom. The van der Waals surface area contributed by atoms with E-state index < -0.39 is 11.1 Å². The molecule has 1 saturated heterocycles. The number of piperazine rings is 1. The SMILES string of the molecule is CC(=O)O.CCCC[N+]1(C)CCN(Cc2cc(C(C)(C)C)cc(C=N[C@@H]3CCCC[C@H]3N=Cc3cc(C(C)(C)C)cc(C(C)(C)C)c3O)c2O)CC1.O=[N+]([O-])[O-].[Co]. The van der Waals surface area contributed by atoms with E-state index in [1.54, 1.807) is 0 Å². The largest absolute Gasteiger partial charge is 0.507 e. The van der Waals surface area contributed by atoms with Crippen molar-refractivity contribution < 1.29 is 46.5 Å². The fourth-order valence-electron chi connectivity index (χ4n) is 7.07. The van der Waals surface area contributed by atoms with Gasteiger partial charge in [0.15, 0.2) is 0 Å². The number of benzene rings is 2. The van der Waals surface area contributed by atoms with E-state index in [1.165, 1.54) is 30.5 Å². The maximum atomic E-state index is 11.6. The number of phenolic OH excluding ortho intramolecular Hbond substituents is 2. The molecule has 0 amide bonds. The van der Waals surface area contributed by atoms with Gasteiger partial charge in [0.2, 0.25) is 0 Å². The molecule has 13 heteroatoms. The molecule has 1 saturated carbocycles. The number of aromatic hydroxyl groups is 2. The number of hydrogen-bond acceptors (Lipinski definition) is 9. The van der Waals surface area contributed by atoms with E-state index in [0.717, 1.165) is 92.1 Å². The van der Waals surface area contributed by atoms with E-state index in [0.29, 0.717) is 11.5 Å². The van der Waals surface area contributed by atoms with Crippen LogP contribution in [0.5, 0.6) is 11.5 Å². The number of nitrogens with zero attached hydrogens (tertiary/aromatic N) is 5. The van der Waals surface area contributed by atoms with Crippen molar-refractivity contribution in [2.75, 3.05) is 39.8 Å². The van der Waals surface area contributed by atoms with Crippen LogP contribution >= 0.6 is 0 Å². The van der Waals surface area contributed by atoms with Crippen molar-refractivity contribution in [3.8, 4) is 11.5 Å². The second-order valence-electron chi connectivity index (χ2n) is 18.9. The Bertz CT molecular complexity index is 1650. The quantitative estimate of drug-likeness (QED) is 0.0974. The zero-order chi connectivity index (χ0) is 42.6. The van der Waals surface area contributed by atoms with E-state index in [2.05, 4.69) is 105 Å². The van der Waals surface area contributed by atoms with Crippen LogP contribution in [-0.2, 0) is 44.4 Å². The number of likely N-dealkylation sites (N-methyl/N-ethyl adjacent to an activating group) is 1. The average Bonchev–Trinajstić information content (AvgIpc) is 3.06. The summed E-state index contributed by atoms with van der Waals surface area (Å²) in [5, 5.41) is 45.1. The number of hydrogen-bond donors (Lipinski definition) is 3. The number of carbonyl (C=O) groups is 1. The monoisotopic (exact) mass is 840 g/mol. The van der Waals surface area contributed by atoms with Gasteiger partial charge >= 0.3 is 0 Å². The molecule has 0 aromatic heterocycles. The van der Waals surface area contributed by atoms with Gasteiger partial charge in [-0.2, -0.15) is 0 Å². The minimum absolute atomic E-state index is 0.